The van der Waals surface area contributed by atoms with Crippen molar-refractivity contribution in [3.63, 3.8) is 0 Å². The topological polar surface area (TPSA) is 74.6 Å². The SMILES string of the molecule is O=C(O)[C@H]1C[C@@H]2C[C@H]1C[C@@H]2C(=O)O. The van der Waals surface area contributed by atoms with Gasteiger partial charge in [0.05, 0.1) is 11.8 Å². The van der Waals surface area contributed by atoms with Crippen molar-refractivity contribution in [3.8, 4) is 0 Å². The lowest BCUT2D eigenvalue weighted by Crippen LogP contribution is -2.28. The number of hydrogen-bond donors (Lipinski definition) is 2. The van der Waals surface area contributed by atoms with Gasteiger partial charge in [0.25, 0.3) is 0 Å². The van der Waals surface area contributed by atoms with Crippen molar-refractivity contribution in [1.82, 2.24) is 0 Å². The molecule has 2 saturated carbocycles. The molecule has 4 nitrogen and oxygen atoms in total. The number of carboxylic acids is 2. The molecule has 2 rings (SSSR count). The molecule has 0 radical (unpaired) electrons. The maximum absolute atomic E-state index is 10.7. The van der Waals surface area contributed by atoms with Gasteiger partial charge in [-0.2, -0.15) is 0 Å². The van der Waals surface area contributed by atoms with Crippen LogP contribution in [0.2, 0.25) is 0 Å². The Labute approximate surface area is 75.6 Å². The van der Waals surface area contributed by atoms with Gasteiger partial charge in [-0.05, 0) is 31.1 Å². The van der Waals surface area contributed by atoms with Crippen LogP contribution in [0.25, 0.3) is 0 Å². The van der Waals surface area contributed by atoms with Gasteiger partial charge >= 0.3 is 11.9 Å². The maximum Gasteiger partial charge on any atom is 0.306 e. The van der Waals surface area contributed by atoms with Crippen LogP contribution in [-0.2, 0) is 9.59 Å². The van der Waals surface area contributed by atoms with Crippen LogP contribution in [0.5, 0.6) is 0 Å². The lowest BCUT2D eigenvalue weighted by molar-refractivity contribution is -0.148. The summed E-state index contributed by atoms with van der Waals surface area (Å²) in [4.78, 5) is 21.4. The first-order chi connectivity index (χ1) is 6.09. The summed E-state index contributed by atoms with van der Waals surface area (Å²) >= 11 is 0. The highest BCUT2D eigenvalue weighted by molar-refractivity contribution is 5.74. The summed E-state index contributed by atoms with van der Waals surface area (Å²) in [6.45, 7) is 0. The normalized spacial score (nSPS) is 42.2. The molecule has 2 bridgehead atoms. The molecular weight excluding hydrogens is 172 g/mol. The summed E-state index contributed by atoms with van der Waals surface area (Å²) in [5.74, 6) is -1.83. The highest BCUT2D eigenvalue weighted by atomic mass is 16.4. The molecule has 72 valence electrons. The molecule has 0 spiro atoms. The Balaban J connectivity index is 2.07. The van der Waals surface area contributed by atoms with Gasteiger partial charge in [-0.25, -0.2) is 0 Å². The van der Waals surface area contributed by atoms with Crippen LogP contribution in [0, 0.1) is 23.7 Å². The van der Waals surface area contributed by atoms with Crippen LogP contribution in [0.15, 0.2) is 0 Å². The third-order valence-corrected chi connectivity index (χ3v) is 3.49. The minimum atomic E-state index is -0.753. The monoisotopic (exact) mass is 184 g/mol. The highest BCUT2D eigenvalue weighted by Gasteiger charge is 2.50. The highest BCUT2D eigenvalue weighted by Crippen LogP contribution is 2.51. The molecule has 2 fully saturated rings. The van der Waals surface area contributed by atoms with E-state index in [1.54, 1.807) is 0 Å². The van der Waals surface area contributed by atoms with E-state index in [-0.39, 0.29) is 23.7 Å². The standard InChI is InChI=1S/C9H12O4/c10-8(11)6-2-4-1-5(6)3-7(4)9(12)13/h4-7H,1-3H2,(H,10,11)(H,12,13)/t4-,5-,6-,7-/m0/s1. The summed E-state index contributed by atoms with van der Waals surface area (Å²) < 4.78 is 0. The van der Waals surface area contributed by atoms with Crippen molar-refractivity contribution in [2.45, 2.75) is 19.3 Å². The van der Waals surface area contributed by atoms with Crippen LogP contribution in [0.1, 0.15) is 19.3 Å². The fourth-order valence-electron chi connectivity index (χ4n) is 2.88. The van der Waals surface area contributed by atoms with E-state index in [9.17, 15) is 9.59 Å². The van der Waals surface area contributed by atoms with Crippen molar-refractivity contribution < 1.29 is 19.8 Å². The van der Waals surface area contributed by atoms with Crippen LogP contribution in [0.3, 0.4) is 0 Å². The van der Waals surface area contributed by atoms with Crippen molar-refractivity contribution in [3.05, 3.63) is 0 Å². The quantitative estimate of drug-likeness (QED) is 0.666. The Hall–Kier alpha value is -1.06. The molecule has 0 heterocycles. The van der Waals surface area contributed by atoms with Crippen molar-refractivity contribution in [2.24, 2.45) is 23.7 Å². The van der Waals surface area contributed by atoms with Crippen LogP contribution in [0.4, 0.5) is 0 Å². The first kappa shape index (κ1) is 8.53. The molecule has 2 aliphatic carbocycles. The summed E-state index contributed by atoms with van der Waals surface area (Å²) in [6, 6.07) is 0. The molecule has 13 heavy (non-hydrogen) atoms. The van der Waals surface area contributed by atoms with Crippen LogP contribution in [-0.4, -0.2) is 22.2 Å². The zero-order valence-electron chi connectivity index (χ0n) is 7.14. The third kappa shape index (κ3) is 1.20. The zero-order chi connectivity index (χ0) is 9.59. The van der Waals surface area contributed by atoms with E-state index < -0.39 is 11.9 Å². The van der Waals surface area contributed by atoms with Crippen molar-refractivity contribution in [1.29, 1.82) is 0 Å². The number of carboxylic acid groups (broad SMARTS) is 2. The van der Waals surface area contributed by atoms with Crippen LogP contribution >= 0.6 is 0 Å². The molecule has 0 unspecified atom stereocenters. The minimum absolute atomic E-state index is 0.114. The van der Waals surface area contributed by atoms with E-state index in [0.717, 1.165) is 6.42 Å². The molecule has 2 N–H and O–H groups in total. The third-order valence-electron chi connectivity index (χ3n) is 3.49. The van der Waals surface area contributed by atoms with Gasteiger partial charge in [0.2, 0.25) is 0 Å². The number of rotatable bonds is 2. The van der Waals surface area contributed by atoms with E-state index in [1.165, 1.54) is 0 Å². The fourth-order valence-corrected chi connectivity index (χ4v) is 2.88. The molecule has 4 atom stereocenters. The molecule has 0 aromatic carbocycles. The first-order valence-electron chi connectivity index (χ1n) is 4.55. The maximum atomic E-state index is 10.7. The van der Waals surface area contributed by atoms with E-state index >= 15 is 0 Å². The smallest absolute Gasteiger partial charge is 0.306 e. The van der Waals surface area contributed by atoms with Gasteiger partial charge < -0.3 is 10.2 Å². The average molecular weight is 184 g/mol. The Kier molecular flexibility index (Phi) is 1.78. The predicted octanol–water partition coefficient (Wildman–Crippen LogP) is 0.818. The fraction of sp³-hybridized carbons (Fsp3) is 0.778. The lowest BCUT2D eigenvalue weighted by atomic mass is 9.82. The molecule has 0 aromatic rings. The molecule has 0 amide bonds. The Morgan fingerprint density at radius 1 is 0.846 bits per heavy atom. The molecule has 0 saturated heterocycles. The second-order valence-electron chi connectivity index (χ2n) is 4.12. The molecule has 0 aromatic heterocycles. The van der Waals surface area contributed by atoms with Gasteiger partial charge in [0, 0.05) is 0 Å². The van der Waals surface area contributed by atoms with Gasteiger partial charge in [-0.15, -0.1) is 0 Å². The largest absolute Gasteiger partial charge is 0.481 e. The number of hydrogen-bond acceptors (Lipinski definition) is 2. The molecule has 2 aliphatic rings. The summed E-state index contributed by atoms with van der Waals surface area (Å²) in [5.41, 5.74) is 0. The van der Waals surface area contributed by atoms with Gasteiger partial charge in [-0.1, -0.05) is 0 Å². The number of aliphatic carboxylic acids is 2. The number of fused-ring (bicyclic) bond motifs is 2. The van der Waals surface area contributed by atoms with E-state index in [0.29, 0.717) is 12.8 Å². The lowest BCUT2D eigenvalue weighted by Gasteiger charge is -2.22. The molecule has 4 heteroatoms. The molecular formula is C9H12O4. The minimum Gasteiger partial charge on any atom is -0.481 e. The summed E-state index contributed by atoms with van der Waals surface area (Å²) in [5, 5.41) is 17.6. The van der Waals surface area contributed by atoms with Gasteiger partial charge in [-0.3, -0.25) is 9.59 Å². The van der Waals surface area contributed by atoms with E-state index in [4.69, 9.17) is 10.2 Å². The molecule has 0 aliphatic heterocycles. The van der Waals surface area contributed by atoms with Gasteiger partial charge in [0.15, 0.2) is 0 Å². The second kappa shape index (κ2) is 2.72. The van der Waals surface area contributed by atoms with E-state index in [2.05, 4.69) is 0 Å². The first-order valence-corrected chi connectivity index (χ1v) is 4.55. The van der Waals surface area contributed by atoms with Crippen molar-refractivity contribution >= 4 is 11.9 Å². The van der Waals surface area contributed by atoms with Crippen molar-refractivity contribution in [2.75, 3.05) is 0 Å². The van der Waals surface area contributed by atoms with Gasteiger partial charge in [0.1, 0.15) is 0 Å². The number of carbonyl (C=O) groups is 2. The predicted molar refractivity (Wildman–Crippen MR) is 43.1 cm³/mol. The average Bonchev–Trinajstić information content (AvgIpc) is 2.60. The Morgan fingerprint density at radius 2 is 1.23 bits per heavy atom. The second-order valence-corrected chi connectivity index (χ2v) is 4.12. The Bertz CT molecular complexity index is 234. The summed E-state index contributed by atoms with van der Waals surface area (Å²) in [6.07, 6.45) is 1.93. The van der Waals surface area contributed by atoms with Crippen LogP contribution < -0.4 is 0 Å². The Morgan fingerprint density at radius 3 is 1.46 bits per heavy atom. The summed E-state index contributed by atoms with van der Waals surface area (Å²) in [7, 11) is 0. The zero-order valence-corrected chi connectivity index (χ0v) is 7.14. The van der Waals surface area contributed by atoms with E-state index in [1.807, 2.05) is 0 Å².